The largest absolute Gasteiger partial charge is 0.481 e. The van der Waals surface area contributed by atoms with Crippen LogP contribution in [0.15, 0.2) is 48.5 Å². The Labute approximate surface area is 152 Å². The Morgan fingerprint density at radius 2 is 1.85 bits per heavy atom. The van der Waals surface area contributed by atoms with Gasteiger partial charge in [-0.2, -0.15) is 0 Å². The monoisotopic (exact) mass is 354 g/mol. The zero-order valence-corrected chi connectivity index (χ0v) is 14.4. The minimum atomic E-state index is -1.11. The van der Waals surface area contributed by atoms with Gasteiger partial charge in [-0.15, -0.1) is 0 Å². The van der Waals surface area contributed by atoms with Gasteiger partial charge in [-0.25, -0.2) is 0 Å². The fourth-order valence-corrected chi connectivity index (χ4v) is 3.18. The molecule has 0 bridgehead atoms. The first-order chi connectivity index (χ1) is 12.6. The molecule has 1 amide bonds. The van der Waals surface area contributed by atoms with E-state index < -0.39 is 30.8 Å². The normalized spacial score (nSPS) is 14.0. The summed E-state index contributed by atoms with van der Waals surface area (Å²) in [6.07, 6.45) is 0.658. The van der Waals surface area contributed by atoms with Gasteiger partial charge < -0.3 is 20.4 Å². The number of para-hydroxylation sites is 1. The summed E-state index contributed by atoms with van der Waals surface area (Å²) in [6.45, 7) is 1.29. The molecule has 6 heteroatoms. The number of amides is 1. The van der Waals surface area contributed by atoms with Gasteiger partial charge in [-0.3, -0.25) is 9.59 Å². The van der Waals surface area contributed by atoms with Crippen LogP contribution in [0.2, 0.25) is 0 Å². The molecule has 0 fully saturated rings. The first-order valence-corrected chi connectivity index (χ1v) is 8.62. The Morgan fingerprint density at radius 3 is 2.54 bits per heavy atom. The van der Waals surface area contributed by atoms with Gasteiger partial charge >= 0.3 is 5.97 Å². The summed E-state index contributed by atoms with van der Waals surface area (Å²) in [5.41, 5.74) is 4.35. The van der Waals surface area contributed by atoms with Crippen LogP contribution in [-0.2, 0) is 22.6 Å². The molecule has 1 unspecified atom stereocenters. The molecule has 1 heterocycles. The number of carboxylic acid groups (broad SMARTS) is 1. The number of rotatable bonds is 7. The maximum absolute atomic E-state index is 12.0. The summed E-state index contributed by atoms with van der Waals surface area (Å²) >= 11 is 0. The van der Waals surface area contributed by atoms with E-state index in [1.807, 2.05) is 18.2 Å². The average Bonchev–Trinajstić information content (AvgIpc) is 3.04. The highest BCUT2D eigenvalue weighted by atomic mass is 16.4. The van der Waals surface area contributed by atoms with Gasteiger partial charge in [0.1, 0.15) is 0 Å². The number of carboxylic acids is 1. The zero-order chi connectivity index (χ0) is 18.5. The molecule has 1 atom stereocenters. The molecule has 0 saturated heterocycles. The Morgan fingerprint density at radius 1 is 1.12 bits per heavy atom. The van der Waals surface area contributed by atoms with Gasteiger partial charge in [-0.1, -0.05) is 30.3 Å². The fraction of sp³-hybridized carbons (Fsp3) is 0.300. The number of nitrogens with one attached hydrogen (secondary N) is 1. The molecule has 0 saturated carbocycles. The van der Waals surface area contributed by atoms with Crippen LogP contribution < -0.4 is 10.2 Å². The summed E-state index contributed by atoms with van der Waals surface area (Å²) in [5, 5.41) is 20.6. The second kappa shape index (κ2) is 8.01. The number of hydrogen-bond donors (Lipinski definition) is 3. The SMILES string of the molecule is O=C(O)CC(CO)C(=O)Nc1ccc(CN2CCc3ccccc32)cc1. The predicted octanol–water partition coefficient (Wildman–Crippen LogP) is 2.27. The summed E-state index contributed by atoms with van der Waals surface area (Å²) in [5.74, 6) is -2.55. The van der Waals surface area contributed by atoms with Crippen LogP contribution >= 0.6 is 0 Å². The first kappa shape index (κ1) is 17.9. The van der Waals surface area contributed by atoms with Gasteiger partial charge in [0.25, 0.3) is 0 Å². The summed E-state index contributed by atoms with van der Waals surface area (Å²) in [4.78, 5) is 25.1. The summed E-state index contributed by atoms with van der Waals surface area (Å²) in [6, 6.07) is 15.9. The molecule has 136 valence electrons. The Hall–Kier alpha value is -2.86. The van der Waals surface area contributed by atoms with Crippen molar-refractivity contribution in [2.45, 2.75) is 19.4 Å². The molecule has 0 spiro atoms. The molecule has 3 rings (SSSR count). The second-order valence-electron chi connectivity index (χ2n) is 6.46. The fourth-order valence-electron chi connectivity index (χ4n) is 3.18. The lowest BCUT2D eigenvalue weighted by molar-refractivity contribution is -0.140. The van der Waals surface area contributed by atoms with Gasteiger partial charge in [0.15, 0.2) is 0 Å². The maximum atomic E-state index is 12.0. The Kier molecular flexibility index (Phi) is 5.53. The minimum Gasteiger partial charge on any atom is -0.481 e. The topological polar surface area (TPSA) is 89.9 Å². The molecule has 0 radical (unpaired) electrons. The van der Waals surface area contributed by atoms with Crippen molar-refractivity contribution in [3.63, 3.8) is 0 Å². The molecule has 0 aromatic heterocycles. The van der Waals surface area contributed by atoms with E-state index in [1.165, 1.54) is 11.3 Å². The number of anilines is 2. The van der Waals surface area contributed by atoms with E-state index >= 15 is 0 Å². The molecule has 6 nitrogen and oxygen atoms in total. The lowest BCUT2D eigenvalue weighted by Crippen LogP contribution is -2.27. The number of nitrogens with zero attached hydrogens (tertiary/aromatic N) is 1. The number of benzene rings is 2. The number of fused-ring (bicyclic) bond motifs is 1. The zero-order valence-electron chi connectivity index (χ0n) is 14.4. The van der Waals surface area contributed by atoms with Crippen molar-refractivity contribution < 1.29 is 19.8 Å². The van der Waals surface area contributed by atoms with Crippen molar-refractivity contribution in [2.75, 3.05) is 23.4 Å². The lowest BCUT2D eigenvalue weighted by atomic mass is 10.1. The predicted molar refractivity (Wildman–Crippen MR) is 99.1 cm³/mol. The molecule has 0 aliphatic carbocycles. The number of aliphatic hydroxyl groups excluding tert-OH is 1. The molecule has 26 heavy (non-hydrogen) atoms. The lowest BCUT2D eigenvalue weighted by Gasteiger charge is -2.19. The van der Waals surface area contributed by atoms with E-state index in [-0.39, 0.29) is 0 Å². The quantitative estimate of drug-likeness (QED) is 0.710. The molecular formula is C20H22N2O4. The van der Waals surface area contributed by atoms with Crippen LogP contribution in [0.25, 0.3) is 0 Å². The third-order valence-electron chi connectivity index (χ3n) is 4.59. The molecule has 1 aliphatic rings. The van der Waals surface area contributed by atoms with Crippen molar-refractivity contribution in [1.29, 1.82) is 0 Å². The van der Waals surface area contributed by atoms with Crippen LogP contribution in [0.3, 0.4) is 0 Å². The highest BCUT2D eigenvalue weighted by molar-refractivity contribution is 5.94. The number of carbonyl (C=O) groups is 2. The highest BCUT2D eigenvalue weighted by Crippen LogP contribution is 2.29. The third kappa shape index (κ3) is 4.21. The Balaban J connectivity index is 1.60. The van der Waals surface area contributed by atoms with Crippen LogP contribution in [0.1, 0.15) is 17.5 Å². The maximum Gasteiger partial charge on any atom is 0.304 e. The number of carbonyl (C=O) groups excluding carboxylic acids is 1. The molecule has 3 N–H and O–H groups in total. The van der Waals surface area contributed by atoms with E-state index in [2.05, 4.69) is 28.4 Å². The third-order valence-corrected chi connectivity index (χ3v) is 4.59. The van der Waals surface area contributed by atoms with Crippen LogP contribution in [0, 0.1) is 5.92 Å². The molecule has 2 aromatic carbocycles. The number of aliphatic hydroxyl groups is 1. The van der Waals surface area contributed by atoms with Gasteiger partial charge in [-0.05, 0) is 35.7 Å². The van der Waals surface area contributed by atoms with Crippen molar-refractivity contribution >= 4 is 23.3 Å². The minimum absolute atomic E-state index is 0.394. The smallest absolute Gasteiger partial charge is 0.304 e. The van der Waals surface area contributed by atoms with Crippen molar-refractivity contribution in [3.8, 4) is 0 Å². The molecular weight excluding hydrogens is 332 g/mol. The first-order valence-electron chi connectivity index (χ1n) is 8.62. The van der Waals surface area contributed by atoms with E-state index in [0.717, 1.165) is 25.1 Å². The number of aliphatic carboxylic acids is 1. The van der Waals surface area contributed by atoms with Gasteiger partial charge in [0, 0.05) is 24.5 Å². The standard InChI is InChI=1S/C20H22N2O4/c23-13-16(11-19(24)25)20(26)21-17-7-5-14(6-8-17)12-22-10-9-15-3-1-2-4-18(15)22/h1-8,16,23H,9-13H2,(H,21,26)(H,24,25). The molecule has 1 aliphatic heterocycles. The van der Waals surface area contributed by atoms with Crippen molar-refractivity contribution in [2.24, 2.45) is 5.92 Å². The van der Waals surface area contributed by atoms with Gasteiger partial charge in [0.05, 0.1) is 18.9 Å². The van der Waals surface area contributed by atoms with Crippen LogP contribution in [0.5, 0.6) is 0 Å². The van der Waals surface area contributed by atoms with Crippen molar-refractivity contribution in [3.05, 3.63) is 59.7 Å². The van der Waals surface area contributed by atoms with Crippen LogP contribution in [0.4, 0.5) is 11.4 Å². The average molecular weight is 354 g/mol. The summed E-state index contributed by atoms with van der Waals surface area (Å²) < 4.78 is 0. The van der Waals surface area contributed by atoms with Crippen LogP contribution in [-0.4, -0.2) is 35.2 Å². The second-order valence-corrected chi connectivity index (χ2v) is 6.46. The number of hydrogen-bond acceptors (Lipinski definition) is 4. The Bertz CT molecular complexity index is 789. The van der Waals surface area contributed by atoms with E-state index in [4.69, 9.17) is 5.11 Å². The van der Waals surface area contributed by atoms with Gasteiger partial charge in [0.2, 0.25) is 5.91 Å². The van der Waals surface area contributed by atoms with Crippen molar-refractivity contribution in [1.82, 2.24) is 0 Å². The van der Waals surface area contributed by atoms with E-state index in [1.54, 1.807) is 12.1 Å². The van der Waals surface area contributed by atoms with E-state index in [9.17, 15) is 14.7 Å². The molecule has 2 aromatic rings. The highest BCUT2D eigenvalue weighted by Gasteiger charge is 2.21. The van der Waals surface area contributed by atoms with E-state index in [0.29, 0.717) is 5.69 Å². The summed E-state index contributed by atoms with van der Waals surface area (Å²) in [7, 11) is 0.